The molecule has 0 atom stereocenters. The van der Waals surface area contributed by atoms with Gasteiger partial charge in [0.2, 0.25) is 0 Å². The molecule has 0 N–H and O–H groups in total. The maximum Gasteiger partial charge on any atom is 0.279 e. The van der Waals surface area contributed by atoms with Crippen LogP contribution in [0, 0.1) is 19.3 Å². The lowest BCUT2D eigenvalue weighted by molar-refractivity contribution is 0.0998. The van der Waals surface area contributed by atoms with E-state index in [1.165, 1.54) is 16.9 Å². The Morgan fingerprint density at radius 2 is 1.89 bits per heavy atom. The third-order valence-corrected chi connectivity index (χ3v) is 5.93. The Hall–Kier alpha value is -2.35. The Labute approximate surface area is 168 Å². The van der Waals surface area contributed by atoms with Crippen LogP contribution in [0.2, 0.25) is 5.02 Å². The summed E-state index contributed by atoms with van der Waals surface area (Å²) >= 11 is 7.70. The summed E-state index contributed by atoms with van der Waals surface area (Å²) in [6, 6.07) is 11.4. The molecule has 2 aromatic carbocycles. The van der Waals surface area contributed by atoms with Crippen molar-refractivity contribution in [1.29, 1.82) is 0 Å². The number of carbonyl (C=O) groups excluding carboxylic acids is 1. The number of carbonyl (C=O) groups is 1. The van der Waals surface area contributed by atoms with Gasteiger partial charge in [0.05, 0.1) is 16.8 Å². The second-order valence-corrected chi connectivity index (χ2v) is 8.85. The highest BCUT2D eigenvalue weighted by Crippen LogP contribution is 2.27. The van der Waals surface area contributed by atoms with E-state index in [0.29, 0.717) is 21.9 Å². The molecular formula is C22H21ClN2OS. The predicted octanol–water partition coefficient (Wildman–Crippen LogP) is 5.34. The molecule has 27 heavy (non-hydrogen) atoms. The first-order valence-corrected chi connectivity index (χ1v) is 9.83. The van der Waals surface area contributed by atoms with Gasteiger partial charge >= 0.3 is 0 Å². The van der Waals surface area contributed by atoms with Gasteiger partial charge in [-0.05, 0) is 47.7 Å². The molecule has 0 saturated heterocycles. The van der Waals surface area contributed by atoms with Crippen molar-refractivity contribution >= 4 is 39.1 Å². The molecule has 5 heteroatoms. The molecule has 0 aliphatic carbocycles. The van der Waals surface area contributed by atoms with Crippen LogP contribution in [0.1, 0.15) is 42.3 Å². The summed E-state index contributed by atoms with van der Waals surface area (Å²) in [7, 11) is 0. The van der Waals surface area contributed by atoms with Crippen LogP contribution >= 0.6 is 22.9 Å². The quantitative estimate of drug-likeness (QED) is 0.538. The summed E-state index contributed by atoms with van der Waals surface area (Å²) in [5, 5.41) is 0.668. The second kappa shape index (κ2) is 7.34. The maximum absolute atomic E-state index is 12.7. The molecule has 0 bridgehead atoms. The lowest BCUT2D eigenvalue weighted by Crippen LogP contribution is -2.17. The number of benzene rings is 2. The number of aromatic nitrogens is 1. The first kappa shape index (κ1) is 19.4. The van der Waals surface area contributed by atoms with Gasteiger partial charge in [-0.2, -0.15) is 4.99 Å². The fourth-order valence-corrected chi connectivity index (χ4v) is 4.14. The molecule has 0 unspecified atom stereocenters. The van der Waals surface area contributed by atoms with Crippen LogP contribution in [-0.2, 0) is 12.0 Å². The molecule has 138 valence electrons. The van der Waals surface area contributed by atoms with Crippen LogP contribution in [0.3, 0.4) is 0 Å². The molecule has 0 saturated carbocycles. The number of aryl methyl sites for hydroxylation is 1. The highest BCUT2D eigenvalue weighted by atomic mass is 35.5. The van der Waals surface area contributed by atoms with Gasteiger partial charge in [-0.25, -0.2) is 0 Å². The zero-order valence-electron chi connectivity index (χ0n) is 15.8. The smallest absolute Gasteiger partial charge is 0.279 e. The van der Waals surface area contributed by atoms with Gasteiger partial charge in [0.1, 0.15) is 0 Å². The summed E-state index contributed by atoms with van der Waals surface area (Å²) in [5.41, 5.74) is 3.64. The fraction of sp³-hybridized carbons (Fsp3) is 0.273. The third-order valence-electron chi connectivity index (χ3n) is 4.47. The molecule has 3 aromatic rings. The third kappa shape index (κ3) is 3.85. The molecule has 0 aliphatic heterocycles. The molecule has 1 aromatic heterocycles. The molecular weight excluding hydrogens is 376 g/mol. The lowest BCUT2D eigenvalue weighted by Gasteiger charge is -2.18. The number of rotatable bonds is 2. The zero-order valence-corrected chi connectivity index (χ0v) is 17.4. The van der Waals surface area contributed by atoms with Crippen LogP contribution in [0.5, 0.6) is 0 Å². The Bertz CT molecular complexity index is 1120. The number of halogens is 1. The van der Waals surface area contributed by atoms with E-state index in [4.69, 9.17) is 18.0 Å². The Kier molecular flexibility index (Phi) is 5.28. The Morgan fingerprint density at radius 1 is 1.22 bits per heavy atom. The number of fused-ring (bicyclic) bond motifs is 1. The molecule has 1 heterocycles. The molecule has 3 nitrogen and oxygen atoms in total. The molecule has 0 radical (unpaired) electrons. The maximum atomic E-state index is 12.7. The van der Waals surface area contributed by atoms with Crippen molar-refractivity contribution in [2.75, 3.05) is 0 Å². The fourth-order valence-electron chi connectivity index (χ4n) is 2.90. The van der Waals surface area contributed by atoms with Gasteiger partial charge in [0, 0.05) is 10.6 Å². The van der Waals surface area contributed by atoms with Crippen molar-refractivity contribution in [3.63, 3.8) is 0 Å². The second-order valence-electron chi connectivity index (χ2n) is 7.44. The van der Waals surface area contributed by atoms with Crippen LogP contribution in [-0.4, -0.2) is 10.5 Å². The minimum Gasteiger partial charge on any atom is -0.304 e. The van der Waals surface area contributed by atoms with E-state index in [2.05, 4.69) is 31.7 Å². The SMILES string of the molecule is C#CCn1c(=NC(=O)c2ccc(C(C)(C)C)cc2)sc2ccc(Cl)c(C)c21. The monoisotopic (exact) mass is 396 g/mol. The predicted molar refractivity (Wildman–Crippen MR) is 113 cm³/mol. The van der Waals surface area contributed by atoms with Crippen molar-refractivity contribution < 1.29 is 4.79 Å². The van der Waals surface area contributed by atoms with E-state index in [1.807, 2.05) is 47.9 Å². The van der Waals surface area contributed by atoms with Crippen LogP contribution in [0.4, 0.5) is 0 Å². The van der Waals surface area contributed by atoms with Crippen molar-refractivity contribution in [2.45, 2.75) is 39.7 Å². The van der Waals surface area contributed by atoms with E-state index in [9.17, 15) is 4.79 Å². The van der Waals surface area contributed by atoms with Crippen LogP contribution in [0.15, 0.2) is 41.4 Å². The van der Waals surface area contributed by atoms with Gasteiger partial charge in [-0.3, -0.25) is 4.79 Å². The first-order chi connectivity index (χ1) is 12.7. The van der Waals surface area contributed by atoms with Crippen LogP contribution in [0.25, 0.3) is 10.2 Å². The summed E-state index contributed by atoms with van der Waals surface area (Å²) in [6.45, 7) is 8.70. The van der Waals surface area contributed by atoms with Gasteiger partial charge < -0.3 is 4.57 Å². The van der Waals surface area contributed by atoms with Gasteiger partial charge in [0.15, 0.2) is 4.80 Å². The number of nitrogens with zero attached hydrogens (tertiary/aromatic N) is 2. The normalized spacial score (nSPS) is 12.4. The summed E-state index contributed by atoms with van der Waals surface area (Å²) in [4.78, 5) is 17.6. The van der Waals surface area contributed by atoms with E-state index in [0.717, 1.165) is 15.8 Å². The minimum absolute atomic E-state index is 0.0385. The number of thiazole rings is 1. The van der Waals surface area contributed by atoms with Gasteiger partial charge in [0.25, 0.3) is 5.91 Å². The molecule has 1 amide bonds. The topological polar surface area (TPSA) is 34.4 Å². The molecule has 0 aliphatic rings. The van der Waals surface area contributed by atoms with Crippen molar-refractivity contribution in [1.82, 2.24) is 4.57 Å². The summed E-state index contributed by atoms with van der Waals surface area (Å²) < 4.78 is 2.88. The first-order valence-electron chi connectivity index (χ1n) is 8.64. The average molecular weight is 397 g/mol. The Morgan fingerprint density at radius 3 is 2.48 bits per heavy atom. The molecule has 3 rings (SSSR count). The summed E-state index contributed by atoms with van der Waals surface area (Å²) in [6.07, 6.45) is 5.54. The van der Waals surface area contributed by atoms with Crippen LogP contribution < -0.4 is 4.80 Å². The van der Waals surface area contributed by atoms with Crippen molar-refractivity contribution in [2.24, 2.45) is 4.99 Å². The number of hydrogen-bond acceptors (Lipinski definition) is 2. The van der Waals surface area contributed by atoms with E-state index in [1.54, 1.807) is 0 Å². The van der Waals surface area contributed by atoms with Crippen molar-refractivity contribution in [3.05, 3.63) is 62.9 Å². The number of amides is 1. The van der Waals surface area contributed by atoms with Gasteiger partial charge in [-0.1, -0.05) is 61.8 Å². The largest absolute Gasteiger partial charge is 0.304 e. The standard InChI is InChI=1S/C22H21ClN2OS/c1-6-13-25-19-14(2)17(23)11-12-18(19)27-21(25)24-20(26)15-7-9-16(10-8-15)22(3,4)5/h1,7-12H,13H2,2-5H3. The zero-order chi connectivity index (χ0) is 19.8. The lowest BCUT2D eigenvalue weighted by atomic mass is 9.87. The minimum atomic E-state index is -0.281. The van der Waals surface area contributed by atoms with Crippen molar-refractivity contribution in [3.8, 4) is 12.3 Å². The van der Waals surface area contributed by atoms with E-state index < -0.39 is 0 Å². The number of hydrogen-bond donors (Lipinski definition) is 0. The van der Waals surface area contributed by atoms with E-state index in [-0.39, 0.29) is 11.3 Å². The average Bonchev–Trinajstić information content (AvgIpc) is 2.96. The molecule has 0 spiro atoms. The highest BCUT2D eigenvalue weighted by molar-refractivity contribution is 7.16. The van der Waals surface area contributed by atoms with E-state index >= 15 is 0 Å². The highest BCUT2D eigenvalue weighted by Gasteiger charge is 2.15. The number of terminal acetylenes is 1. The summed E-state index contributed by atoms with van der Waals surface area (Å²) in [5.74, 6) is 2.36. The Balaban J connectivity index is 2.10. The van der Waals surface area contributed by atoms with Gasteiger partial charge in [-0.15, -0.1) is 6.42 Å². The molecule has 0 fully saturated rings.